The fourth-order valence-electron chi connectivity index (χ4n) is 2.19. The van der Waals surface area contributed by atoms with Crippen molar-refractivity contribution in [3.63, 3.8) is 0 Å². The molecule has 2 aromatic rings. The largest absolute Gasteiger partial charge is 0.486 e. The minimum atomic E-state index is -4.40. The van der Waals surface area contributed by atoms with Gasteiger partial charge in [-0.3, -0.25) is 4.79 Å². The summed E-state index contributed by atoms with van der Waals surface area (Å²) in [6.07, 6.45) is -4.40. The Balaban J connectivity index is 1.63. The molecule has 126 valence electrons. The lowest BCUT2D eigenvalue weighted by atomic mass is 10.1. The van der Waals surface area contributed by atoms with Crippen molar-refractivity contribution in [1.29, 1.82) is 0 Å². The minimum absolute atomic E-state index is 0.189. The molecular formula is C17H13F3O4. The standard InChI is InChI=1S/C17H13F3O4/c18-17(19,20)12-2-4-13(5-3-12)24-10-14(21)11-1-6-15-16(9-11)23-8-7-22-15/h1-6,9H,7-8,10H2. The molecule has 0 fully saturated rings. The SMILES string of the molecule is O=C(COc1ccc(C(F)(F)F)cc1)c1ccc2c(c1)OCCO2. The molecule has 1 aliphatic rings. The number of hydrogen-bond donors (Lipinski definition) is 0. The molecular weight excluding hydrogens is 325 g/mol. The Morgan fingerprint density at radius 3 is 2.33 bits per heavy atom. The van der Waals surface area contributed by atoms with E-state index in [9.17, 15) is 18.0 Å². The van der Waals surface area contributed by atoms with Crippen LogP contribution in [0.1, 0.15) is 15.9 Å². The van der Waals surface area contributed by atoms with E-state index in [0.717, 1.165) is 12.1 Å². The molecule has 2 aromatic carbocycles. The molecule has 0 radical (unpaired) electrons. The van der Waals surface area contributed by atoms with E-state index in [0.29, 0.717) is 30.3 Å². The minimum Gasteiger partial charge on any atom is -0.486 e. The zero-order valence-electron chi connectivity index (χ0n) is 12.4. The number of fused-ring (bicyclic) bond motifs is 1. The zero-order valence-corrected chi connectivity index (χ0v) is 12.4. The molecule has 0 spiro atoms. The Kier molecular flexibility index (Phi) is 4.33. The van der Waals surface area contributed by atoms with Gasteiger partial charge in [-0.2, -0.15) is 13.2 Å². The maximum absolute atomic E-state index is 12.5. The first kappa shape index (κ1) is 16.2. The van der Waals surface area contributed by atoms with Gasteiger partial charge in [-0.15, -0.1) is 0 Å². The third-order valence-electron chi connectivity index (χ3n) is 3.42. The lowest BCUT2D eigenvalue weighted by molar-refractivity contribution is -0.137. The van der Waals surface area contributed by atoms with Crippen molar-refractivity contribution in [2.45, 2.75) is 6.18 Å². The predicted molar refractivity (Wildman–Crippen MR) is 78.7 cm³/mol. The number of benzene rings is 2. The summed E-state index contributed by atoms with van der Waals surface area (Å²) in [6.45, 7) is 0.578. The molecule has 1 aliphatic heterocycles. The lowest BCUT2D eigenvalue weighted by Crippen LogP contribution is -2.17. The number of carbonyl (C=O) groups excluding carboxylic acids is 1. The molecule has 0 bridgehead atoms. The van der Waals surface area contributed by atoms with Crippen LogP contribution in [0.25, 0.3) is 0 Å². The van der Waals surface area contributed by atoms with Crippen LogP contribution in [0, 0.1) is 0 Å². The Hall–Kier alpha value is -2.70. The molecule has 0 N–H and O–H groups in total. The highest BCUT2D eigenvalue weighted by Crippen LogP contribution is 2.31. The third kappa shape index (κ3) is 3.61. The van der Waals surface area contributed by atoms with Crippen LogP contribution in [-0.2, 0) is 6.18 Å². The lowest BCUT2D eigenvalue weighted by Gasteiger charge is -2.18. The van der Waals surface area contributed by atoms with Gasteiger partial charge >= 0.3 is 6.18 Å². The Labute approximate surface area is 135 Å². The number of carbonyl (C=O) groups is 1. The second kappa shape index (κ2) is 6.43. The topological polar surface area (TPSA) is 44.8 Å². The summed E-state index contributed by atoms with van der Waals surface area (Å²) in [4.78, 5) is 12.1. The molecule has 3 rings (SSSR count). The second-order valence-corrected chi connectivity index (χ2v) is 5.09. The fraction of sp³-hybridized carbons (Fsp3) is 0.235. The quantitative estimate of drug-likeness (QED) is 0.797. The van der Waals surface area contributed by atoms with Crippen molar-refractivity contribution in [3.8, 4) is 17.2 Å². The third-order valence-corrected chi connectivity index (χ3v) is 3.42. The van der Waals surface area contributed by atoms with Crippen molar-refractivity contribution >= 4 is 5.78 Å². The molecule has 0 saturated heterocycles. The normalized spacial score (nSPS) is 13.5. The van der Waals surface area contributed by atoms with Crippen molar-refractivity contribution in [2.75, 3.05) is 19.8 Å². The number of ketones is 1. The van der Waals surface area contributed by atoms with Crippen LogP contribution < -0.4 is 14.2 Å². The van der Waals surface area contributed by atoms with Crippen LogP contribution in [0.4, 0.5) is 13.2 Å². The fourth-order valence-corrected chi connectivity index (χ4v) is 2.19. The van der Waals surface area contributed by atoms with Gasteiger partial charge in [0.15, 0.2) is 23.9 Å². The van der Waals surface area contributed by atoms with Gasteiger partial charge in [-0.05, 0) is 42.5 Å². The zero-order chi connectivity index (χ0) is 17.2. The molecule has 0 saturated carbocycles. The molecule has 1 heterocycles. The highest BCUT2D eigenvalue weighted by atomic mass is 19.4. The summed E-state index contributed by atoms with van der Waals surface area (Å²) in [5, 5.41) is 0. The van der Waals surface area contributed by atoms with Crippen LogP contribution >= 0.6 is 0 Å². The van der Waals surface area contributed by atoms with E-state index in [-0.39, 0.29) is 18.1 Å². The van der Waals surface area contributed by atoms with E-state index < -0.39 is 11.7 Å². The van der Waals surface area contributed by atoms with E-state index in [1.54, 1.807) is 18.2 Å². The molecule has 0 amide bonds. The van der Waals surface area contributed by atoms with E-state index in [1.807, 2.05) is 0 Å². The first-order valence-electron chi connectivity index (χ1n) is 7.16. The van der Waals surface area contributed by atoms with E-state index in [1.165, 1.54) is 12.1 Å². The van der Waals surface area contributed by atoms with Gasteiger partial charge in [0.2, 0.25) is 0 Å². The molecule has 7 heteroatoms. The van der Waals surface area contributed by atoms with Gasteiger partial charge < -0.3 is 14.2 Å². The van der Waals surface area contributed by atoms with Gasteiger partial charge in [0.25, 0.3) is 0 Å². The van der Waals surface area contributed by atoms with Crippen molar-refractivity contribution in [2.24, 2.45) is 0 Å². The van der Waals surface area contributed by atoms with Gasteiger partial charge in [-0.1, -0.05) is 0 Å². The summed E-state index contributed by atoms with van der Waals surface area (Å²) >= 11 is 0. The summed E-state index contributed by atoms with van der Waals surface area (Å²) in [5.74, 6) is 0.934. The van der Waals surface area contributed by atoms with Crippen LogP contribution in [0.15, 0.2) is 42.5 Å². The van der Waals surface area contributed by atoms with Crippen LogP contribution in [0.2, 0.25) is 0 Å². The van der Waals surface area contributed by atoms with E-state index >= 15 is 0 Å². The van der Waals surface area contributed by atoms with E-state index in [4.69, 9.17) is 14.2 Å². The first-order valence-corrected chi connectivity index (χ1v) is 7.16. The van der Waals surface area contributed by atoms with Crippen LogP contribution in [-0.4, -0.2) is 25.6 Å². The molecule has 24 heavy (non-hydrogen) atoms. The van der Waals surface area contributed by atoms with Gasteiger partial charge in [0.05, 0.1) is 5.56 Å². The maximum Gasteiger partial charge on any atom is 0.416 e. The summed E-state index contributed by atoms with van der Waals surface area (Å²) in [7, 11) is 0. The Bertz CT molecular complexity index is 738. The molecule has 0 aromatic heterocycles. The molecule has 0 aliphatic carbocycles. The average molecular weight is 338 g/mol. The number of hydrogen-bond acceptors (Lipinski definition) is 4. The van der Waals surface area contributed by atoms with Crippen molar-refractivity contribution in [1.82, 2.24) is 0 Å². The van der Waals surface area contributed by atoms with Crippen molar-refractivity contribution in [3.05, 3.63) is 53.6 Å². The second-order valence-electron chi connectivity index (χ2n) is 5.09. The summed E-state index contributed by atoms with van der Waals surface area (Å²) in [5.41, 5.74) is -0.390. The number of Topliss-reactive ketones (excluding diaryl/α,β-unsaturated/α-hetero) is 1. The maximum atomic E-state index is 12.5. The first-order chi connectivity index (χ1) is 11.4. The Morgan fingerprint density at radius 2 is 1.67 bits per heavy atom. The molecule has 4 nitrogen and oxygen atoms in total. The number of rotatable bonds is 4. The number of alkyl halides is 3. The molecule has 0 atom stereocenters. The van der Waals surface area contributed by atoms with Gasteiger partial charge in [0, 0.05) is 5.56 Å². The summed E-state index contributed by atoms with van der Waals surface area (Å²) in [6, 6.07) is 8.96. The number of ether oxygens (including phenoxy) is 3. The van der Waals surface area contributed by atoms with Gasteiger partial charge in [0.1, 0.15) is 19.0 Å². The predicted octanol–water partition coefficient (Wildman–Crippen LogP) is 3.74. The molecule has 0 unspecified atom stereocenters. The van der Waals surface area contributed by atoms with E-state index in [2.05, 4.69) is 0 Å². The van der Waals surface area contributed by atoms with Crippen molar-refractivity contribution < 1.29 is 32.2 Å². The van der Waals surface area contributed by atoms with Crippen LogP contribution in [0.3, 0.4) is 0 Å². The van der Waals surface area contributed by atoms with Crippen LogP contribution in [0.5, 0.6) is 17.2 Å². The summed E-state index contributed by atoms with van der Waals surface area (Å²) < 4.78 is 53.4. The number of halogens is 3. The monoisotopic (exact) mass is 338 g/mol. The van der Waals surface area contributed by atoms with Gasteiger partial charge in [-0.25, -0.2) is 0 Å². The highest BCUT2D eigenvalue weighted by Gasteiger charge is 2.30. The Morgan fingerprint density at radius 1 is 1.00 bits per heavy atom. The smallest absolute Gasteiger partial charge is 0.416 e. The average Bonchev–Trinajstić information content (AvgIpc) is 2.59. The highest BCUT2D eigenvalue weighted by molar-refractivity contribution is 5.97.